The monoisotopic (exact) mass is 309 g/mol. The number of hydrogen-bond donors (Lipinski definition) is 0. The third-order valence-corrected chi connectivity index (χ3v) is 3.41. The molecule has 2 aromatic rings. The second kappa shape index (κ2) is 3.41. The van der Waals surface area contributed by atoms with Gasteiger partial charge in [-0.1, -0.05) is 24.3 Å². The summed E-state index contributed by atoms with van der Waals surface area (Å²) in [5.74, 6) is 1.82. The Morgan fingerprint density at radius 3 is 1.80 bits per heavy atom. The SMILES string of the molecule is IN1c2ccccc2Oc2ccccc21. The molecular weight excluding hydrogens is 301 g/mol. The maximum absolute atomic E-state index is 5.80. The van der Waals surface area contributed by atoms with Gasteiger partial charge in [0.15, 0.2) is 11.5 Å². The first-order valence-electron chi connectivity index (χ1n) is 4.68. The van der Waals surface area contributed by atoms with Crippen LogP contribution in [0.1, 0.15) is 0 Å². The average molecular weight is 309 g/mol. The van der Waals surface area contributed by atoms with Gasteiger partial charge in [0.2, 0.25) is 0 Å². The molecule has 0 aromatic heterocycles. The quantitative estimate of drug-likeness (QED) is 0.532. The van der Waals surface area contributed by atoms with Crippen LogP contribution < -0.4 is 7.85 Å². The minimum absolute atomic E-state index is 0.908. The maximum Gasteiger partial charge on any atom is 0.151 e. The second-order valence-corrected chi connectivity index (χ2v) is 4.28. The van der Waals surface area contributed by atoms with E-state index in [2.05, 4.69) is 38.1 Å². The highest BCUT2D eigenvalue weighted by atomic mass is 127. The minimum Gasteiger partial charge on any atom is -0.453 e. The molecule has 0 saturated heterocycles. The van der Waals surface area contributed by atoms with Crippen molar-refractivity contribution in [3.8, 4) is 11.5 Å². The summed E-state index contributed by atoms with van der Waals surface area (Å²) in [6.45, 7) is 0. The molecule has 2 aromatic carbocycles. The normalized spacial score (nSPS) is 12.7. The number of benzene rings is 2. The number of hydrogen-bond acceptors (Lipinski definition) is 2. The molecule has 2 nitrogen and oxygen atoms in total. The van der Waals surface area contributed by atoms with E-state index in [4.69, 9.17) is 4.74 Å². The van der Waals surface area contributed by atoms with E-state index >= 15 is 0 Å². The fraction of sp³-hybridized carbons (Fsp3) is 0. The van der Waals surface area contributed by atoms with Crippen LogP contribution >= 0.6 is 22.9 Å². The molecule has 0 N–H and O–H groups in total. The molecule has 0 atom stereocenters. The Morgan fingerprint density at radius 2 is 1.27 bits per heavy atom. The number of ether oxygens (including phenoxy) is 1. The molecule has 15 heavy (non-hydrogen) atoms. The molecule has 0 fully saturated rings. The van der Waals surface area contributed by atoms with Crippen LogP contribution in [0.4, 0.5) is 11.4 Å². The predicted octanol–water partition coefficient (Wildman–Crippen LogP) is 4.28. The molecule has 3 heteroatoms. The van der Waals surface area contributed by atoms with Gasteiger partial charge in [0.25, 0.3) is 0 Å². The molecule has 1 aliphatic heterocycles. The van der Waals surface area contributed by atoms with Gasteiger partial charge in [0.1, 0.15) is 0 Å². The van der Waals surface area contributed by atoms with E-state index in [9.17, 15) is 0 Å². The van der Waals surface area contributed by atoms with E-state index in [0.29, 0.717) is 0 Å². The van der Waals surface area contributed by atoms with Crippen LogP contribution in [0.25, 0.3) is 0 Å². The van der Waals surface area contributed by atoms with Crippen LogP contribution in [0, 0.1) is 0 Å². The van der Waals surface area contributed by atoms with Crippen LogP contribution in [0.3, 0.4) is 0 Å². The Hall–Kier alpha value is -1.23. The van der Waals surface area contributed by atoms with Gasteiger partial charge in [0, 0.05) is 0 Å². The lowest BCUT2D eigenvalue weighted by Gasteiger charge is -2.27. The van der Waals surface area contributed by atoms with E-state index in [0.717, 1.165) is 22.9 Å². The van der Waals surface area contributed by atoms with Crippen molar-refractivity contribution in [2.75, 3.05) is 3.11 Å². The highest BCUT2D eigenvalue weighted by molar-refractivity contribution is 14.1. The van der Waals surface area contributed by atoms with E-state index in [-0.39, 0.29) is 0 Å². The standard InChI is InChI=1S/C12H8INO/c13-14-9-5-1-3-7-11(9)15-12-8-4-2-6-10(12)14/h1-8H. The lowest BCUT2D eigenvalue weighted by atomic mass is 10.2. The molecule has 0 bridgehead atoms. The van der Waals surface area contributed by atoms with E-state index in [1.54, 1.807) is 0 Å². The number of nitrogens with zero attached hydrogens (tertiary/aromatic N) is 1. The Bertz CT molecular complexity index is 467. The van der Waals surface area contributed by atoms with Crippen LogP contribution in [0.15, 0.2) is 48.5 Å². The molecule has 1 heterocycles. The maximum atomic E-state index is 5.80. The van der Waals surface area contributed by atoms with Crippen molar-refractivity contribution >= 4 is 34.2 Å². The third kappa shape index (κ3) is 1.38. The van der Waals surface area contributed by atoms with Gasteiger partial charge in [-0.2, -0.15) is 0 Å². The van der Waals surface area contributed by atoms with Crippen molar-refractivity contribution in [3.63, 3.8) is 0 Å². The smallest absolute Gasteiger partial charge is 0.151 e. The summed E-state index contributed by atoms with van der Waals surface area (Å²) in [4.78, 5) is 0. The van der Waals surface area contributed by atoms with Crippen molar-refractivity contribution in [3.05, 3.63) is 48.5 Å². The zero-order valence-electron chi connectivity index (χ0n) is 7.85. The van der Waals surface area contributed by atoms with Crippen molar-refractivity contribution in [2.24, 2.45) is 0 Å². The van der Waals surface area contributed by atoms with Gasteiger partial charge in [-0.25, -0.2) is 0 Å². The number of anilines is 2. The number of para-hydroxylation sites is 4. The van der Waals surface area contributed by atoms with Crippen molar-refractivity contribution < 1.29 is 4.74 Å². The van der Waals surface area contributed by atoms with Gasteiger partial charge in [-0.3, -0.25) is 3.11 Å². The first-order valence-corrected chi connectivity index (χ1v) is 5.64. The Kier molecular flexibility index (Phi) is 2.05. The molecule has 0 amide bonds. The van der Waals surface area contributed by atoms with Gasteiger partial charge in [0.05, 0.1) is 34.2 Å². The van der Waals surface area contributed by atoms with Gasteiger partial charge < -0.3 is 4.74 Å². The Balaban J connectivity index is 2.20. The Labute approximate surface area is 102 Å². The molecular formula is C12H8INO. The van der Waals surface area contributed by atoms with Crippen LogP contribution in [-0.2, 0) is 0 Å². The van der Waals surface area contributed by atoms with E-state index in [1.165, 1.54) is 0 Å². The van der Waals surface area contributed by atoms with Crippen LogP contribution in [0.5, 0.6) is 11.5 Å². The minimum atomic E-state index is 0.908. The summed E-state index contributed by atoms with van der Waals surface area (Å²) in [7, 11) is 0. The fourth-order valence-corrected chi connectivity index (χ4v) is 2.46. The number of halogens is 1. The lowest BCUT2D eigenvalue weighted by molar-refractivity contribution is 0.479. The van der Waals surface area contributed by atoms with Crippen molar-refractivity contribution in [2.45, 2.75) is 0 Å². The number of fused-ring (bicyclic) bond motifs is 2. The van der Waals surface area contributed by atoms with Crippen molar-refractivity contribution in [1.82, 2.24) is 0 Å². The first kappa shape index (κ1) is 9.03. The average Bonchev–Trinajstić information content (AvgIpc) is 2.30. The molecule has 0 spiro atoms. The Morgan fingerprint density at radius 1 is 0.800 bits per heavy atom. The molecule has 3 rings (SSSR count). The highest BCUT2D eigenvalue weighted by Crippen LogP contribution is 2.47. The summed E-state index contributed by atoms with van der Waals surface area (Å²) < 4.78 is 7.92. The molecule has 0 unspecified atom stereocenters. The largest absolute Gasteiger partial charge is 0.453 e. The van der Waals surface area contributed by atoms with E-state index < -0.39 is 0 Å². The predicted molar refractivity (Wildman–Crippen MR) is 69.1 cm³/mol. The molecule has 0 aliphatic carbocycles. The topological polar surface area (TPSA) is 12.5 Å². The first-order chi connectivity index (χ1) is 7.36. The zero-order chi connectivity index (χ0) is 10.3. The summed E-state index contributed by atoms with van der Waals surface area (Å²) >= 11 is 2.29. The summed E-state index contributed by atoms with van der Waals surface area (Å²) in [5, 5.41) is 0. The lowest BCUT2D eigenvalue weighted by Crippen LogP contribution is -2.08. The third-order valence-electron chi connectivity index (χ3n) is 2.37. The summed E-state index contributed by atoms with van der Waals surface area (Å²) in [6, 6.07) is 16.1. The zero-order valence-corrected chi connectivity index (χ0v) is 10.0. The van der Waals surface area contributed by atoms with Gasteiger partial charge in [-0.05, 0) is 24.3 Å². The molecule has 74 valence electrons. The summed E-state index contributed by atoms with van der Waals surface area (Å²) in [5.41, 5.74) is 2.19. The van der Waals surface area contributed by atoms with E-state index in [1.807, 2.05) is 36.4 Å². The van der Waals surface area contributed by atoms with Crippen LogP contribution in [0.2, 0.25) is 0 Å². The summed E-state index contributed by atoms with van der Waals surface area (Å²) in [6.07, 6.45) is 0. The van der Waals surface area contributed by atoms with Crippen molar-refractivity contribution in [1.29, 1.82) is 0 Å². The molecule has 0 saturated carbocycles. The highest BCUT2D eigenvalue weighted by Gasteiger charge is 2.21. The molecule has 0 radical (unpaired) electrons. The number of rotatable bonds is 0. The van der Waals surface area contributed by atoms with Gasteiger partial charge in [-0.15, -0.1) is 0 Å². The molecule has 1 aliphatic rings. The fourth-order valence-electron chi connectivity index (χ4n) is 1.66. The van der Waals surface area contributed by atoms with Gasteiger partial charge >= 0.3 is 0 Å². The van der Waals surface area contributed by atoms with Crippen LogP contribution in [-0.4, -0.2) is 0 Å². The second-order valence-electron chi connectivity index (χ2n) is 3.32.